The minimum atomic E-state index is -0.838. The second-order valence-electron chi connectivity index (χ2n) is 5.58. The van der Waals surface area contributed by atoms with E-state index in [9.17, 15) is 9.59 Å². The minimum absolute atomic E-state index is 0.0554. The van der Waals surface area contributed by atoms with Crippen LogP contribution in [0.25, 0.3) is 0 Å². The van der Waals surface area contributed by atoms with Crippen LogP contribution in [0.2, 0.25) is 0 Å². The summed E-state index contributed by atoms with van der Waals surface area (Å²) in [6.45, 7) is 0.212. The fourth-order valence-electron chi connectivity index (χ4n) is 2.42. The van der Waals surface area contributed by atoms with Gasteiger partial charge in [0.2, 0.25) is 0 Å². The predicted molar refractivity (Wildman–Crippen MR) is 96.5 cm³/mol. The van der Waals surface area contributed by atoms with Crippen LogP contribution in [-0.4, -0.2) is 29.0 Å². The van der Waals surface area contributed by atoms with Gasteiger partial charge in [-0.15, -0.1) is 11.8 Å². The maximum Gasteiger partial charge on any atom is 0.411 e. The number of ether oxygens (including phenoxy) is 1. The molecule has 2 aromatic rings. The summed E-state index contributed by atoms with van der Waals surface area (Å²) in [6.07, 6.45) is -0.518. The van der Waals surface area contributed by atoms with Crippen LogP contribution in [0.3, 0.4) is 0 Å². The largest absolute Gasteiger partial charge is 0.480 e. The molecule has 1 aliphatic rings. The topological polar surface area (TPSA) is 87.7 Å². The number of hydrogen-bond donors (Lipinski definition) is 3. The van der Waals surface area contributed by atoms with Crippen LogP contribution in [0.1, 0.15) is 16.5 Å². The van der Waals surface area contributed by atoms with Gasteiger partial charge in [0.05, 0.1) is 5.37 Å². The Hall–Kier alpha value is -2.51. The Kier molecular flexibility index (Phi) is 5.57. The first kappa shape index (κ1) is 17.3. The molecule has 2 atom stereocenters. The van der Waals surface area contributed by atoms with Gasteiger partial charge in [-0.3, -0.25) is 15.4 Å². The molecule has 7 heteroatoms. The van der Waals surface area contributed by atoms with Crippen LogP contribution >= 0.6 is 11.8 Å². The number of carboxylic acids is 1. The van der Waals surface area contributed by atoms with Crippen molar-refractivity contribution in [1.29, 1.82) is 0 Å². The van der Waals surface area contributed by atoms with Crippen molar-refractivity contribution in [3.63, 3.8) is 0 Å². The van der Waals surface area contributed by atoms with Crippen molar-refractivity contribution < 1.29 is 19.4 Å². The average molecular weight is 358 g/mol. The molecule has 3 N–H and O–H groups in total. The van der Waals surface area contributed by atoms with Gasteiger partial charge in [0, 0.05) is 11.4 Å². The Morgan fingerprint density at radius 2 is 1.88 bits per heavy atom. The Balaban J connectivity index is 1.50. The first-order valence-corrected chi connectivity index (χ1v) is 8.85. The van der Waals surface area contributed by atoms with E-state index in [1.54, 1.807) is 23.9 Å². The van der Waals surface area contributed by atoms with Gasteiger partial charge in [0.1, 0.15) is 12.6 Å². The smallest absolute Gasteiger partial charge is 0.411 e. The highest BCUT2D eigenvalue weighted by Gasteiger charge is 2.30. The molecule has 6 nitrogen and oxygen atoms in total. The van der Waals surface area contributed by atoms with Crippen LogP contribution in [0.4, 0.5) is 10.5 Å². The second-order valence-corrected chi connectivity index (χ2v) is 6.72. The number of benzene rings is 2. The summed E-state index contributed by atoms with van der Waals surface area (Å²) in [5.74, 6) is -0.305. The van der Waals surface area contributed by atoms with E-state index < -0.39 is 18.1 Å². The molecule has 0 saturated carbocycles. The Morgan fingerprint density at radius 3 is 2.52 bits per heavy atom. The van der Waals surface area contributed by atoms with Crippen LogP contribution in [0.15, 0.2) is 54.6 Å². The average Bonchev–Trinajstić information content (AvgIpc) is 3.12. The number of aliphatic carboxylic acids is 1. The third-order valence-electron chi connectivity index (χ3n) is 3.75. The van der Waals surface area contributed by atoms with E-state index in [2.05, 4.69) is 10.6 Å². The maximum atomic E-state index is 11.8. The molecule has 0 aliphatic carbocycles. The van der Waals surface area contributed by atoms with Crippen molar-refractivity contribution in [2.45, 2.75) is 18.0 Å². The van der Waals surface area contributed by atoms with Gasteiger partial charge in [-0.2, -0.15) is 0 Å². The van der Waals surface area contributed by atoms with E-state index in [4.69, 9.17) is 9.84 Å². The van der Waals surface area contributed by atoms with E-state index in [0.29, 0.717) is 11.4 Å². The van der Waals surface area contributed by atoms with Gasteiger partial charge >= 0.3 is 12.1 Å². The zero-order chi connectivity index (χ0) is 17.6. The Bertz CT molecular complexity index is 737. The van der Waals surface area contributed by atoms with Gasteiger partial charge in [-0.1, -0.05) is 42.5 Å². The van der Waals surface area contributed by atoms with E-state index >= 15 is 0 Å². The number of rotatable bonds is 5. The molecule has 0 aromatic heterocycles. The molecule has 1 saturated heterocycles. The monoisotopic (exact) mass is 358 g/mol. The molecule has 2 aromatic carbocycles. The van der Waals surface area contributed by atoms with Crippen molar-refractivity contribution >= 4 is 29.5 Å². The molecule has 1 aliphatic heterocycles. The lowest BCUT2D eigenvalue weighted by atomic mass is 10.2. The SMILES string of the molecule is O=C(Nc1ccc(C2N[C@H](C(=O)O)CS2)cc1)OCc1ccccc1. The van der Waals surface area contributed by atoms with Crippen molar-refractivity contribution in [1.82, 2.24) is 5.32 Å². The Labute approximate surface area is 149 Å². The fourth-order valence-corrected chi connectivity index (χ4v) is 3.66. The van der Waals surface area contributed by atoms with E-state index in [1.165, 1.54) is 0 Å². The van der Waals surface area contributed by atoms with E-state index in [-0.39, 0.29) is 12.0 Å². The molecule has 1 heterocycles. The van der Waals surface area contributed by atoms with Crippen LogP contribution < -0.4 is 10.6 Å². The molecule has 3 rings (SSSR count). The molecule has 1 unspecified atom stereocenters. The van der Waals surface area contributed by atoms with Gasteiger partial charge < -0.3 is 9.84 Å². The molecule has 0 bridgehead atoms. The highest BCUT2D eigenvalue weighted by molar-refractivity contribution is 7.99. The van der Waals surface area contributed by atoms with Crippen molar-refractivity contribution in [2.24, 2.45) is 0 Å². The zero-order valence-corrected chi connectivity index (χ0v) is 14.2. The highest BCUT2D eigenvalue weighted by atomic mass is 32.2. The molecule has 1 fully saturated rings. The van der Waals surface area contributed by atoms with Gasteiger partial charge in [-0.05, 0) is 23.3 Å². The first-order chi connectivity index (χ1) is 12.1. The summed E-state index contributed by atoms with van der Waals surface area (Å²) in [6, 6.07) is 16.2. The summed E-state index contributed by atoms with van der Waals surface area (Å²) in [5.41, 5.74) is 2.52. The molecule has 130 valence electrons. The summed E-state index contributed by atoms with van der Waals surface area (Å²) in [4.78, 5) is 22.8. The lowest BCUT2D eigenvalue weighted by Crippen LogP contribution is -2.33. The molecular weight excluding hydrogens is 340 g/mol. The Morgan fingerprint density at radius 1 is 1.16 bits per heavy atom. The molecule has 25 heavy (non-hydrogen) atoms. The van der Waals surface area contributed by atoms with Crippen LogP contribution in [0.5, 0.6) is 0 Å². The van der Waals surface area contributed by atoms with E-state index in [1.807, 2.05) is 42.5 Å². The quantitative estimate of drug-likeness (QED) is 0.761. The third kappa shape index (κ3) is 4.74. The highest BCUT2D eigenvalue weighted by Crippen LogP contribution is 2.33. The van der Waals surface area contributed by atoms with Crippen LogP contribution in [-0.2, 0) is 16.1 Å². The molecule has 1 amide bonds. The summed E-state index contributed by atoms with van der Waals surface area (Å²) >= 11 is 1.55. The second kappa shape index (κ2) is 8.04. The third-order valence-corrected chi connectivity index (χ3v) is 5.02. The zero-order valence-electron chi connectivity index (χ0n) is 13.3. The number of carbonyl (C=O) groups is 2. The fraction of sp³-hybridized carbons (Fsp3) is 0.222. The number of hydrogen-bond acceptors (Lipinski definition) is 5. The molecule has 0 spiro atoms. The summed E-state index contributed by atoms with van der Waals surface area (Å²) < 4.78 is 5.17. The lowest BCUT2D eigenvalue weighted by molar-refractivity contribution is -0.138. The van der Waals surface area contributed by atoms with Gasteiger partial charge in [0.25, 0.3) is 0 Å². The molecule has 0 radical (unpaired) electrons. The first-order valence-electron chi connectivity index (χ1n) is 7.80. The van der Waals surface area contributed by atoms with Crippen molar-refractivity contribution in [3.05, 3.63) is 65.7 Å². The predicted octanol–water partition coefficient (Wildman–Crippen LogP) is 3.22. The molecular formula is C18H18N2O4S. The number of carboxylic acid groups (broad SMARTS) is 1. The van der Waals surface area contributed by atoms with Crippen molar-refractivity contribution in [3.8, 4) is 0 Å². The van der Waals surface area contributed by atoms with Crippen molar-refractivity contribution in [2.75, 3.05) is 11.1 Å². The normalized spacial score (nSPS) is 19.4. The standard InChI is InChI=1S/C18H18N2O4S/c21-17(22)15-11-25-16(20-15)13-6-8-14(9-7-13)19-18(23)24-10-12-4-2-1-3-5-12/h1-9,15-16,20H,10-11H2,(H,19,23)(H,21,22)/t15-,16?/m0/s1. The van der Waals surface area contributed by atoms with Crippen LogP contribution in [0, 0.1) is 0 Å². The summed E-state index contributed by atoms with van der Waals surface area (Å²) in [5, 5.41) is 14.7. The number of nitrogens with one attached hydrogen (secondary N) is 2. The lowest BCUT2D eigenvalue weighted by Gasteiger charge is -2.12. The van der Waals surface area contributed by atoms with Gasteiger partial charge in [-0.25, -0.2) is 4.79 Å². The summed E-state index contributed by atoms with van der Waals surface area (Å²) in [7, 11) is 0. The number of anilines is 1. The number of carbonyl (C=O) groups excluding carboxylic acids is 1. The van der Waals surface area contributed by atoms with Gasteiger partial charge in [0.15, 0.2) is 0 Å². The van der Waals surface area contributed by atoms with E-state index in [0.717, 1.165) is 11.1 Å². The maximum absolute atomic E-state index is 11.8. The minimum Gasteiger partial charge on any atom is -0.480 e. The number of amides is 1. The number of thioether (sulfide) groups is 1.